The number of hydrogen-bond donors (Lipinski definition) is 3. The highest BCUT2D eigenvalue weighted by molar-refractivity contribution is 6.77. The Balaban J connectivity index is 2.43. The van der Waals surface area contributed by atoms with Crippen molar-refractivity contribution in [3.8, 4) is 0 Å². The molecule has 0 saturated heterocycles. The minimum atomic E-state index is -1.31. The van der Waals surface area contributed by atoms with Gasteiger partial charge in [-0.1, -0.05) is 31.6 Å². The molecule has 0 bridgehead atoms. The molecule has 1 heterocycles. The van der Waals surface area contributed by atoms with Gasteiger partial charge in [0.15, 0.2) is 11.9 Å². The lowest BCUT2D eigenvalue weighted by Crippen LogP contribution is -2.32. The molecule has 1 aliphatic rings. The highest BCUT2D eigenvalue weighted by atomic mass is 35.5. The van der Waals surface area contributed by atoms with Crippen LogP contribution >= 0.6 is 11.6 Å². The molecule has 3 N–H and O–H groups in total. The molecule has 2 atom stereocenters. The van der Waals surface area contributed by atoms with Gasteiger partial charge in [-0.05, 0) is 12.8 Å². The fourth-order valence-electron chi connectivity index (χ4n) is 2.52. The molecule has 0 radical (unpaired) electrons. The second-order valence-electron chi connectivity index (χ2n) is 6.55. The van der Waals surface area contributed by atoms with Gasteiger partial charge >= 0.3 is 5.97 Å². The number of ether oxygens (including phenoxy) is 2. The van der Waals surface area contributed by atoms with Crippen LogP contribution in [0.2, 0.25) is 25.2 Å². The number of aliphatic hydroxyl groups is 3. The molecule has 6 nitrogen and oxygen atoms in total. The number of carbonyl (C=O) groups is 1. The summed E-state index contributed by atoms with van der Waals surface area (Å²) < 4.78 is 10.3. The fourth-order valence-corrected chi connectivity index (χ4v) is 5.26. The number of aliphatic hydroxyl groups excluding tert-OH is 3. The summed E-state index contributed by atoms with van der Waals surface area (Å²) in [7, 11) is -1.30. The van der Waals surface area contributed by atoms with Gasteiger partial charge < -0.3 is 24.8 Å². The Bertz CT molecular complexity index is 426. The molecule has 134 valence electrons. The number of rotatable bonds is 11. The smallest absolute Gasteiger partial charge is 0.378 e. The van der Waals surface area contributed by atoms with Crippen molar-refractivity contribution in [1.82, 2.24) is 0 Å². The molecule has 0 unspecified atom stereocenters. The fraction of sp³-hybridized carbons (Fsp3) is 0.800. The van der Waals surface area contributed by atoms with Crippen LogP contribution in [0.15, 0.2) is 11.5 Å². The molecular weight excluding hydrogens is 340 g/mol. The van der Waals surface area contributed by atoms with E-state index in [-0.39, 0.29) is 5.76 Å². The van der Waals surface area contributed by atoms with Crippen molar-refractivity contribution in [2.24, 2.45) is 0 Å². The summed E-state index contributed by atoms with van der Waals surface area (Å²) in [6.45, 7) is 4.38. The van der Waals surface area contributed by atoms with Crippen LogP contribution in [0.5, 0.6) is 0 Å². The third-order valence-electron chi connectivity index (χ3n) is 3.95. The first-order valence-electron chi connectivity index (χ1n) is 7.94. The van der Waals surface area contributed by atoms with Crippen LogP contribution in [0.4, 0.5) is 0 Å². The Hall–Kier alpha value is -0.763. The summed E-state index contributed by atoms with van der Waals surface area (Å²) in [5.41, 5.74) is 0. The highest BCUT2D eigenvalue weighted by Gasteiger charge is 2.40. The number of cyclic esters (lactones) is 1. The lowest BCUT2D eigenvalue weighted by molar-refractivity contribution is -0.148. The van der Waals surface area contributed by atoms with Gasteiger partial charge in [0.2, 0.25) is 5.76 Å². The number of hydrogen-bond acceptors (Lipinski definition) is 6. The maximum Gasteiger partial charge on any atom is 0.378 e. The molecule has 0 amide bonds. The molecule has 0 aromatic rings. The first-order chi connectivity index (χ1) is 10.8. The van der Waals surface area contributed by atoms with E-state index in [1.54, 1.807) is 0 Å². The predicted molar refractivity (Wildman–Crippen MR) is 90.2 cm³/mol. The Labute approximate surface area is 143 Å². The summed E-state index contributed by atoms with van der Waals surface area (Å²) in [6, 6.07) is 2.27. The van der Waals surface area contributed by atoms with E-state index in [4.69, 9.17) is 26.2 Å². The molecule has 0 fully saturated rings. The number of esters is 1. The van der Waals surface area contributed by atoms with Crippen LogP contribution in [-0.4, -0.2) is 60.7 Å². The second kappa shape index (κ2) is 9.51. The molecule has 1 rings (SSSR count). The third kappa shape index (κ3) is 6.33. The number of halogens is 1. The molecule has 0 aliphatic carbocycles. The number of alkyl halides is 1. The molecule has 0 saturated carbocycles. The van der Waals surface area contributed by atoms with Gasteiger partial charge in [-0.3, -0.25) is 0 Å². The standard InChI is InChI=1S/C15H27ClO6Si/c1-23(2,8-4-3-6-16)9-5-7-21-14-12(19)15(20)22-13(14)11(18)10-17/h11,13,17-19H,3-10H2,1-2H3/t11-,13+/m0/s1. The van der Waals surface area contributed by atoms with Gasteiger partial charge in [0.1, 0.15) is 6.10 Å². The summed E-state index contributed by atoms with van der Waals surface area (Å²) in [6.07, 6.45) is 0.534. The van der Waals surface area contributed by atoms with E-state index in [1.165, 1.54) is 6.04 Å². The molecule has 0 spiro atoms. The van der Waals surface area contributed by atoms with Crippen molar-refractivity contribution in [1.29, 1.82) is 0 Å². The zero-order chi connectivity index (χ0) is 17.5. The Morgan fingerprint density at radius 3 is 2.57 bits per heavy atom. The topological polar surface area (TPSA) is 96.2 Å². The van der Waals surface area contributed by atoms with E-state index >= 15 is 0 Å². The molecule has 1 aliphatic heterocycles. The van der Waals surface area contributed by atoms with E-state index in [2.05, 4.69) is 13.1 Å². The van der Waals surface area contributed by atoms with E-state index in [9.17, 15) is 15.0 Å². The van der Waals surface area contributed by atoms with Crippen LogP contribution < -0.4 is 0 Å². The predicted octanol–water partition coefficient (Wildman–Crippen LogP) is 2.17. The van der Waals surface area contributed by atoms with E-state index < -0.39 is 38.6 Å². The van der Waals surface area contributed by atoms with E-state index in [0.29, 0.717) is 12.5 Å². The lowest BCUT2D eigenvalue weighted by Gasteiger charge is -2.23. The number of unbranched alkanes of at least 4 members (excludes halogenated alkanes) is 1. The number of carbonyl (C=O) groups excluding carboxylic acids is 1. The van der Waals surface area contributed by atoms with Crippen molar-refractivity contribution < 1.29 is 29.6 Å². The normalized spacial score (nSPS) is 19.9. The van der Waals surface area contributed by atoms with Crippen molar-refractivity contribution >= 4 is 25.6 Å². The summed E-state index contributed by atoms with van der Waals surface area (Å²) in [4.78, 5) is 11.3. The van der Waals surface area contributed by atoms with E-state index in [1.807, 2.05) is 0 Å². The average Bonchev–Trinajstić information content (AvgIpc) is 2.79. The minimum absolute atomic E-state index is 0.0850. The molecule has 0 aromatic carbocycles. The first kappa shape index (κ1) is 20.3. The SMILES string of the molecule is C[Si](C)(CCCCCl)CCCOC1=C(O)C(=O)O[C@@H]1[C@@H](O)CO. The minimum Gasteiger partial charge on any atom is -0.499 e. The Kier molecular flexibility index (Phi) is 8.39. The maximum absolute atomic E-state index is 11.3. The second-order valence-corrected chi connectivity index (χ2v) is 12.3. The van der Waals surface area contributed by atoms with Crippen molar-refractivity contribution in [3.63, 3.8) is 0 Å². The van der Waals surface area contributed by atoms with Gasteiger partial charge in [0.25, 0.3) is 0 Å². The monoisotopic (exact) mass is 366 g/mol. The Morgan fingerprint density at radius 1 is 1.30 bits per heavy atom. The zero-order valence-electron chi connectivity index (χ0n) is 13.8. The van der Waals surface area contributed by atoms with Crippen molar-refractivity contribution in [3.05, 3.63) is 11.5 Å². The van der Waals surface area contributed by atoms with Crippen LogP contribution in [-0.2, 0) is 14.3 Å². The van der Waals surface area contributed by atoms with Crippen molar-refractivity contribution in [2.45, 2.75) is 56.7 Å². The zero-order valence-corrected chi connectivity index (χ0v) is 15.5. The van der Waals surface area contributed by atoms with Gasteiger partial charge in [-0.2, -0.15) is 0 Å². The molecular formula is C15H27ClO6Si. The van der Waals surface area contributed by atoms with Gasteiger partial charge in [-0.25, -0.2) is 4.79 Å². The Morgan fingerprint density at radius 2 is 1.96 bits per heavy atom. The van der Waals surface area contributed by atoms with E-state index in [0.717, 1.165) is 25.3 Å². The molecule has 23 heavy (non-hydrogen) atoms. The molecule has 8 heteroatoms. The third-order valence-corrected chi connectivity index (χ3v) is 7.63. The van der Waals surface area contributed by atoms with Gasteiger partial charge in [0, 0.05) is 14.0 Å². The molecule has 0 aromatic heterocycles. The van der Waals surface area contributed by atoms with Crippen LogP contribution in [0.1, 0.15) is 19.3 Å². The quantitative estimate of drug-likeness (QED) is 0.224. The largest absolute Gasteiger partial charge is 0.499 e. The highest BCUT2D eigenvalue weighted by Crippen LogP contribution is 2.26. The van der Waals surface area contributed by atoms with Crippen LogP contribution in [0.25, 0.3) is 0 Å². The average molecular weight is 367 g/mol. The summed E-state index contributed by atoms with van der Waals surface area (Å²) in [5, 5.41) is 28.2. The first-order valence-corrected chi connectivity index (χ1v) is 11.9. The lowest BCUT2D eigenvalue weighted by atomic mass is 10.2. The summed E-state index contributed by atoms with van der Waals surface area (Å²) >= 11 is 5.70. The van der Waals surface area contributed by atoms with Gasteiger partial charge in [-0.15, -0.1) is 11.6 Å². The van der Waals surface area contributed by atoms with Crippen LogP contribution in [0.3, 0.4) is 0 Å². The van der Waals surface area contributed by atoms with Crippen LogP contribution in [0, 0.1) is 0 Å². The summed E-state index contributed by atoms with van der Waals surface area (Å²) in [5.74, 6) is -0.948. The van der Waals surface area contributed by atoms with Gasteiger partial charge in [0.05, 0.1) is 13.2 Å². The maximum atomic E-state index is 11.3. The van der Waals surface area contributed by atoms with Crippen molar-refractivity contribution in [2.75, 3.05) is 19.1 Å².